The van der Waals surface area contributed by atoms with Gasteiger partial charge in [0.15, 0.2) is 0 Å². The van der Waals surface area contributed by atoms with Crippen molar-refractivity contribution < 1.29 is 4.79 Å². The molecule has 0 unspecified atom stereocenters. The minimum Gasteiger partial charge on any atom is -0.349 e. The lowest BCUT2D eigenvalue weighted by atomic mass is 10.2. The number of hydrogen-bond acceptors (Lipinski definition) is 3. The van der Waals surface area contributed by atoms with Gasteiger partial charge in [-0.1, -0.05) is 0 Å². The summed E-state index contributed by atoms with van der Waals surface area (Å²) in [5.41, 5.74) is 5.96. The Hall–Kier alpha value is -0.880. The second kappa shape index (κ2) is 3.36. The lowest BCUT2D eigenvalue weighted by molar-refractivity contribution is -0.123. The molecule has 1 aromatic rings. The molecular weight excluding hydrogens is 248 g/mol. The number of aromatic amines is 1. The summed E-state index contributed by atoms with van der Waals surface area (Å²) in [6.07, 6.45) is 3.21. The highest BCUT2D eigenvalue weighted by atomic mass is 79.9. The molecule has 1 saturated carbocycles. The predicted octanol–water partition coefficient (Wildman–Crippen LogP) is 0.280. The Kier molecular flexibility index (Phi) is 2.32. The van der Waals surface area contributed by atoms with Crippen LogP contribution in [0.5, 0.6) is 0 Å². The fourth-order valence-electron chi connectivity index (χ4n) is 1.13. The molecule has 1 amide bonds. The van der Waals surface area contributed by atoms with E-state index in [0.29, 0.717) is 6.54 Å². The van der Waals surface area contributed by atoms with E-state index in [1.54, 1.807) is 6.20 Å². The first kappa shape index (κ1) is 9.67. The van der Waals surface area contributed by atoms with Crippen molar-refractivity contribution in [2.24, 2.45) is 5.73 Å². The molecule has 2 rings (SSSR count). The van der Waals surface area contributed by atoms with Crippen molar-refractivity contribution in [3.63, 3.8) is 0 Å². The summed E-state index contributed by atoms with van der Waals surface area (Å²) in [6.45, 7) is 0.429. The molecule has 76 valence electrons. The molecule has 0 spiro atoms. The van der Waals surface area contributed by atoms with E-state index in [2.05, 4.69) is 31.4 Å². The van der Waals surface area contributed by atoms with Gasteiger partial charge in [0.2, 0.25) is 5.91 Å². The molecule has 0 atom stereocenters. The largest absolute Gasteiger partial charge is 0.349 e. The van der Waals surface area contributed by atoms with Crippen LogP contribution in [0.25, 0.3) is 0 Å². The molecule has 0 aliphatic heterocycles. The molecule has 1 heterocycles. The van der Waals surface area contributed by atoms with Gasteiger partial charge in [0, 0.05) is 0 Å². The molecule has 1 fully saturated rings. The lowest BCUT2D eigenvalue weighted by Gasteiger charge is -2.08. The van der Waals surface area contributed by atoms with Crippen LogP contribution < -0.4 is 11.1 Å². The number of nitrogens with zero attached hydrogens (tertiary/aromatic N) is 1. The summed E-state index contributed by atoms with van der Waals surface area (Å²) in [7, 11) is 0. The second-order valence-electron chi connectivity index (χ2n) is 3.54. The highest BCUT2D eigenvalue weighted by Crippen LogP contribution is 2.32. The Balaban J connectivity index is 1.89. The number of H-pyrrole nitrogens is 1. The van der Waals surface area contributed by atoms with Gasteiger partial charge in [0.05, 0.1) is 28.4 Å². The van der Waals surface area contributed by atoms with Crippen LogP contribution in [-0.2, 0) is 11.3 Å². The minimum atomic E-state index is -0.605. The summed E-state index contributed by atoms with van der Waals surface area (Å²) in [5, 5.41) is 9.37. The molecule has 0 radical (unpaired) electrons. The highest BCUT2D eigenvalue weighted by Gasteiger charge is 2.45. The number of nitrogens with one attached hydrogen (secondary N) is 2. The fourth-order valence-corrected chi connectivity index (χ4v) is 1.46. The van der Waals surface area contributed by atoms with Crippen molar-refractivity contribution in [3.05, 3.63) is 16.4 Å². The number of nitrogens with two attached hydrogens (primary N) is 1. The van der Waals surface area contributed by atoms with E-state index in [4.69, 9.17) is 5.73 Å². The average Bonchev–Trinajstić information content (AvgIpc) is 2.77. The Bertz CT molecular complexity index is 358. The van der Waals surface area contributed by atoms with Crippen molar-refractivity contribution in [2.45, 2.75) is 24.9 Å². The van der Waals surface area contributed by atoms with Crippen LogP contribution in [0.3, 0.4) is 0 Å². The molecule has 1 aliphatic carbocycles. The zero-order chi connectivity index (χ0) is 10.2. The van der Waals surface area contributed by atoms with Gasteiger partial charge in [0.1, 0.15) is 0 Å². The SMILES string of the molecule is NC1(C(=O)NCc2[nH]ncc2Br)CC1. The number of halogens is 1. The van der Waals surface area contributed by atoms with Gasteiger partial charge in [-0.05, 0) is 28.8 Å². The Labute approximate surface area is 89.6 Å². The minimum absolute atomic E-state index is 0.0843. The summed E-state index contributed by atoms with van der Waals surface area (Å²) >= 11 is 3.31. The summed E-state index contributed by atoms with van der Waals surface area (Å²) in [4.78, 5) is 11.4. The number of aromatic nitrogens is 2. The van der Waals surface area contributed by atoms with E-state index in [-0.39, 0.29) is 5.91 Å². The lowest BCUT2D eigenvalue weighted by Crippen LogP contribution is -2.42. The maximum Gasteiger partial charge on any atom is 0.240 e. The van der Waals surface area contributed by atoms with Gasteiger partial charge in [-0.3, -0.25) is 9.89 Å². The molecule has 1 aromatic heterocycles. The Morgan fingerprint density at radius 2 is 2.50 bits per heavy atom. The quantitative estimate of drug-likeness (QED) is 0.729. The molecule has 0 aromatic carbocycles. The van der Waals surface area contributed by atoms with Gasteiger partial charge in [-0.25, -0.2) is 0 Å². The van der Waals surface area contributed by atoms with Crippen LogP contribution in [0.15, 0.2) is 10.7 Å². The molecule has 0 bridgehead atoms. The van der Waals surface area contributed by atoms with Crippen LogP contribution in [0.1, 0.15) is 18.5 Å². The van der Waals surface area contributed by atoms with E-state index in [1.165, 1.54) is 0 Å². The monoisotopic (exact) mass is 258 g/mol. The normalized spacial score (nSPS) is 17.9. The number of carbonyl (C=O) groups excluding carboxylic acids is 1. The van der Waals surface area contributed by atoms with E-state index in [1.807, 2.05) is 0 Å². The molecule has 1 aliphatic rings. The zero-order valence-electron chi connectivity index (χ0n) is 7.51. The van der Waals surface area contributed by atoms with Crippen LogP contribution >= 0.6 is 15.9 Å². The summed E-state index contributed by atoms with van der Waals surface area (Å²) < 4.78 is 0.861. The van der Waals surface area contributed by atoms with Crippen LogP contribution in [-0.4, -0.2) is 21.6 Å². The van der Waals surface area contributed by atoms with Crippen LogP contribution in [0, 0.1) is 0 Å². The second-order valence-corrected chi connectivity index (χ2v) is 4.39. The van der Waals surface area contributed by atoms with Gasteiger partial charge in [-0.2, -0.15) is 5.10 Å². The maximum absolute atomic E-state index is 11.4. The van der Waals surface area contributed by atoms with Crippen molar-refractivity contribution >= 4 is 21.8 Å². The van der Waals surface area contributed by atoms with Gasteiger partial charge in [-0.15, -0.1) is 0 Å². The van der Waals surface area contributed by atoms with Gasteiger partial charge < -0.3 is 11.1 Å². The maximum atomic E-state index is 11.4. The average molecular weight is 259 g/mol. The van der Waals surface area contributed by atoms with Gasteiger partial charge in [0.25, 0.3) is 0 Å². The van der Waals surface area contributed by atoms with Crippen molar-refractivity contribution in [1.82, 2.24) is 15.5 Å². The van der Waals surface area contributed by atoms with E-state index < -0.39 is 5.54 Å². The van der Waals surface area contributed by atoms with Crippen LogP contribution in [0.2, 0.25) is 0 Å². The molecular formula is C8H11BrN4O. The first-order valence-corrected chi connectivity index (χ1v) is 5.16. The Morgan fingerprint density at radius 3 is 3.00 bits per heavy atom. The number of amides is 1. The first-order chi connectivity index (χ1) is 6.62. The molecule has 6 heteroatoms. The van der Waals surface area contributed by atoms with E-state index in [0.717, 1.165) is 23.0 Å². The van der Waals surface area contributed by atoms with Crippen molar-refractivity contribution in [2.75, 3.05) is 0 Å². The number of carbonyl (C=O) groups is 1. The number of rotatable bonds is 3. The van der Waals surface area contributed by atoms with E-state index in [9.17, 15) is 4.79 Å². The summed E-state index contributed by atoms with van der Waals surface area (Å²) in [5.74, 6) is -0.0843. The fraction of sp³-hybridized carbons (Fsp3) is 0.500. The third-order valence-electron chi connectivity index (χ3n) is 2.33. The first-order valence-electron chi connectivity index (χ1n) is 4.37. The third kappa shape index (κ3) is 1.80. The highest BCUT2D eigenvalue weighted by molar-refractivity contribution is 9.10. The molecule has 14 heavy (non-hydrogen) atoms. The molecule has 4 N–H and O–H groups in total. The van der Waals surface area contributed by atoms with Crippen LogP contribution in [0.4, 0.5) is 0 Å². The topological polar surface area (TPSA) is 83.8 Å². The van der Waals surface area contributed by atoms with Gasteiger partial charge >= 0.3 is 0 Å². The van der Waals surface area contributed by atoms with E-state index >= 15 is 0 Å². The number of hydrogen-bond donors (Lipinski definition) is 3. The third-order valence-corrected chi connectivity index (χ3v) is 3.02. The van der Waals surface area contributed by atoms with Crippen molar-refractivity contribution in [3.8, 4) is 0 Å². The molecule has 5 nitrogen and oxygen atoms in total. The van der Waals surface area contributed by atoms with Crippen molar-refractivity contribution in [1.29, 1.82) is 0 Å². The zero-order valence-corrected chi connectivity index (χ0v) is 9.10. The standard InChI is InChI=1S/C8H11BrN4O/c9-5-3-12-13-6(5)4-11-7(14)8(10)1-2-8/h3H,1-2,4,10H2,(H,11,14)(H,12,13). The summed E-state index contributed by atoms with van der Waals surface area (Å²) in [6, 6.07) is 0. The smallest absolute Gasteiger partial charge is 0.240 e. The Morgan fingerprint density at radius 1 is 1.79 bits per heavy atom. The molecule has 0 saturated heterocycles. The predicted molar refractivity (Wildman–Crippen MR) is 54.3 cm³/mol.